The number of alkyl halides is 3. The van der Waals surface area contributed by atoms with Gasteiger partial charge in [0, 0.05) is 55.2 Å². The smallest absolute Gasteiger partial charge is 0.404 e. The fourth-order valence-corrected chi connectivity index (χ4v) is 8.16. The number of Topliss-reactive ketones (excluding diaryl/α,β-unsaturated/α-hetero) is 1. The molecule has 1 unspecified atom stereocenters. The molecule has 2 N–H and O–H groups in total. The van der Waals surface area contributed by atoms with E-state index >= 15 is 0 Å². The summed E-state index contributed by atoms with van der Waals surface area (Å²) in [6, 6.07) is 8.45. The van der Waals surface area contributed by atoms with Crippen LogP contribution in [0.1, 0.15) is 67.3 Å². The average Bonchev–Trinajstić information content (AvgIpc) is 3.84. The lowest BCUT2D eigenvalue weighted by Gasteiger charge is -2.50. The van der Waals surface area contributed by atoms with Gasteiger partial charge in [0.25, 0.3) is 5.91 Å². The van der Waals surface area contributed by atoms with Crippen molar-refractivity contribution >= 4 is 57.5 Å². The van der Waals surface area contributed by atoms with Crippen LogP contribution in [0, 0.1) is 5.92 Å². The number of amides is 1. The summed E-state index contributed by atoms with van der Waals surface area (Å²) in [5.74, 6) is -4.53. The van der Waals surface area contributed by atoms with Crippen molar-refractivity contribution in [3.8, 4) is 0 Å². The molecule has 9 nitrogen and oxygen atoms in total. The summed E-state index contributed by atoms with van der Waals surface area (Å²) in [4.78, 5) is 42.6. The lowest BCUT2D eigenvalue weighted by Crippen LogP contribution is -2.70. The number of hydrogen-bond acceptors (Lipinski definition) is 6. The van der Waals surface area contributed by atoms with Crippen LogP contribution >= 0.6 is 23.2 Å². The number of ether oxygens (including phenoxy) is 1. The van der Waals surface area contributed by atoms with Gasteiger partial charge in [-0.25, -0.2) is 4.90 Å². The normalized spacial score (nSPS) is 23.5. The number of carboxylic acids is 1. The highest BCUT2D eigenvalue weighted by Gasteiger charge is 2.60. The number of carbonyl (C=O) groups excluding carboxylic acids is 2. The molecule has 1 amide bonds. The highest BCUT2D eigenvalue weighted by molar-refractivity contribution is 6.36. The first kappa shape index (κ1) is 35.7. The number of halogens is 5. The number of aliphatic carboxylic acids is 1. The molecule has 1 aliphatic carbocycles. The summed E-state index contributed by atoms with van der Waals surface area (Å²) in [7, 11) is 1.83. The molecule has 2 atom stereocenters. The molecule has 3 aromatic rings. The van der Waals surface area contributed by atoms with Gasteiger partial charge in [0.15, 0.2) is 5.78 Å². The van der Waals surface area contributed by atoms with E-state index in [4.69, 9.17) is 27.9 Å². The lowest BCUT2D eigenvalue weighted by molar-refractivity contribution is -0.286. The molecule has 3 heterocycles. The van der Waals surface area contributed by atoms with Crippen molar-refractivity contribution in [2.24, 2.45) is 13.0 Å². The minimum atomic E-state index is -4.60. The second kappa shape index (κ2) is 14.2. The van der Waals surface area contributed by atoms with Crippen LogP contribution in [0.4, 0.5) is 18.9 Å². The van der Waals surface area contributed by atoms with Crippen molar-refractivity contribution in [2.45, 2.75) is 82.0 Å². The van der Waals surface area contributed by atoms with Gasteiger partial charge in [0.1, 0.15) is 6.04 Å². The Labute approximate surface area is 292 Å². The van der Waals surface area contributed by atoms with Gasteiger partial charge in [-0.05, 0) is 75.1 Å². The fraction of sp³-hybridized carbons (Fsp3) is 0.514. The average molecular weight is 724 g/mol. The summed E-state index contributed by atoms with van der Waals surface area (Å²) in [5.41, 5.74) is 1.80. The molecular weight excluding hydrogens is 684 g/mol. The number of aryl methyl sites for hydroxylation is 1. The van der Waals surface area contributed by atoms with E-state index in [0.717, 1.165) is 10.9 Å². The van der Waals surface area contributed by atoms with Gasteiger partial charge in [0.05, 0.1) is 28.3 Å². The molecule has 264 valence electrons. The van der Waals surface area contributed by atoms with Crippen LogP contribution < -0.4 is 5.32 Å². The Hall–Kier alpha value is -3.16. The number of ketones is 1. The summed E-state index contributed by atoms with van der Waals surface area (Å²) in [6.45, 7) is 0.736. The SMILES string of the molecule is Cn1cc(C(=O)Nc2cc(Cl)c(CC(=O)C(O[C@H]3CC[C@H](C(=O)O)CC3)(N3CCCC3)N3CCC[C@H]3C(F)(F)F)cc2Cl)c2ccccc21. The molecule has 1 aromatic heterocycles. The Kier molecular flexibility index (Phi) is 10.4. The standard InChI is InChI=1S/C35H39Cl2F3N4O5/c1-42-20-25(24-7-2-3-8-29(24)42)32(46)41-28-19-26(36)22(17-27(28)37)18-31(45)35(43-14-4-5-15-43,44-16-6-9-30(44)34(38,39)40)49-23-12-10-21(11-13-23)33(47)48/h2-3,7-8,17,19-21,23,30H,4-6,9-16,18H2,1H3,(H,41,46)(H,47,48)/t21-,23-,30-,35?/m0/s1. The zero-order chi connectivity index (χ0) is 35.1. The minimum absolute atomic E-state index is 0.00448. The molecule has 0 bridgehead atoms. The van der Waals surface area contributed by atoms with Crippen molar-refractivity contribution < 1.29 is 37.4 Å². The second-order valence-corrected chi connectivity index (χ2v) is 14.1. The number of anilines is 1. The van der Waals surface area contributed by atoms with Crippen LogP contribution in [0.5, 0.6) is 0 Å². The van der Waals surface area contributed by atoms with Gasteiger partial charge >= 0.3 is 12.1 Å². The van der Waals surface area contributed by atoms with Gasteiger partial charge in [-0.2, -0.15) is 13.2 Å². The van der Waals surface area contributed by atoms with E-state index in [1.807, 2.05) is 35.9 Å². The summed E-state index contributed by atoms with van der Waals surface area (Å²) < 4.78 is 52.1. The number of rotatable bonds is 10. The van der Waals surface area contributed by atoms with Crippen molar-refractivity contribution in [3.05, 3.63) is 63.8 Å². The van der Waals surface area contributed by atoms with E-state index < -0.39 is 47.7 Å². The molecule has 3 fully saturated rings. The van der Waals surface area contributed by atoms with Crippen LogP contribution in [0.2, 0.25) is 10.0 Å². The number of benzene rings is 2. The molecule has 1 saturated carbocycles. The Morgan fingerprint density at radius 1 is 0.959 bits per heavy atom. The van der Waals surface area contributed by atoms with Crippen molar-refractivity contribution in [2.75, 3.05) is 25.0 Å². The van der Waals surface area contributed by atoms with Crippen LogP contribution in [-0.2, 0) is 27.8 Å². The summed E-state index contributed by atoms with van der Waals surface area (Å²) in [5, 5.41) is 13.3. The zero-order valence-corrected chi connectivity index (χ0v) is 28.6. The van der Waals surface area contributed by atoms with E-state index in [0.29, 0.717) is 57.2 Å². The number of likely N-dealkylation sites (tertiary alicyclic amines) is 2. The quantitative estimate of drug-likeness (QED) is 0.227. The first-order valence-corrected chi connectivity index (χ1v) is 17.4. The predicted octanol–water partition coefficient (Wildman–Crippen LogP) is 7.29. The van der Waals surface area contributed by atoms with Gasteiger partial charge in [-0.1, -0.05) is 41.4 Å². The highest BCUT2D eigenvalue weighted by atomic mass is 35.5. The third kappa shape index (κ3) is 7.08. The first-order valence-electron chi connectivity index (χ1n) is 16.7. The van der Waals surface area contributed by atoms with Crippen molar-refractivity contribution in [1.29, 1.82) is 0 Å². The van der Waals surface area contributed by atoms with E-state index in [2.05, 4.69) is 5.32 Å². The Morgan fingerprint density at radius 2 is 1.65 bits per heavy atom. The molecule has 0 radical (unpaired) electrons. The van der Waals surface area contributed by atoms with Crippen LogP contribution in [0.15, 0.2) is 42.6 Å². The number of fused-ring (bicyclic) bond motifs is 1. The van der Waals surface area contributed by atoms with Crippen molar-refractivity contribution in [1.82, 2.24) is 14.4 Å². The third-order valence-electron chi connectivity index (χ3n) is 10.1. The number of hydrogen-bond donors (Lipinski definition) is 2. The molecule has 2 saturated heterocycles. The Bertz CT molecular complexity index is 1740. The maximum Gasteiger partial charge on any atom is 0.404 e. The largest absolute Gasteiger partial charge is 0.481 e. The maximum absolute atomic E-state index is 14.7. The molecule has 0 spiro atoms. The number of carbonyl (C=O) groups is 3. The van der Waals surface area contributed by atoms with Gasteiger partial charge in [-0.15, -0.1) is 0 Å². The van der Waals surface area contributed by atoms with Crippen LogP contribution in [0.25, 0.3) is 10.9 Å². The Morgan fingerprint density at radius 3 is 2.33 bits per heavy atom. The molecule has 14 heteroatoms. The highest BCUT2D eigenvalue weighted by Crippen LogP contribution is 2.44. The number of aromatic nitrogens is 1. The predicted molar refractivity (Wildman–Crippen MR) is 180 cm³/mol. The number of para-hydroxylation sites is 1. The molecule has 2 aliphatic heterocycles. The monoisotopic (exact) mass is 722 g/mol. The molecule has 6 rings (SSSR count). The fourth-order valence-electron chi connectivity index (χ4n) is 7.70. The first-order chi connectivity index (χ1) is 23.3. The maximum atomic E-state index is 14.7. The van der Waals surface area contributed by atoms with E-state index in [1.54, 1.807) is 11.1 Å². The summed E-state index contributed by atoms with van der Waals surface area (Å²) >= 11 is 13.4. The molecule has 2 aromatic carbocycles. The van der Waals surface area contributed by atoms with Crippen molar-refractivity contribution in [3.63, 3.8) is 0 Å². The van der Waals surface area contributed by atoms with Crippen LogP contribution in [-0.4, -0.2) is 80.9 Å². The molecule has 49 heavy (non-hydrogen) atoms. The van der Waals surface area contributed by atoms with Crippen LogP contribution in [0.3, 0.4) is 0 Å². The molecule has 3 aliphatic rings. The molecular formula is C35H39Cl2F3N4O5. The lowest BCUT2D eigenvalue weighted by atomic mass is 9.87. The van der Waals surface area contributed by atoms with Gasteiger partial charge in [-0.3, -0.25) is 19.3 Å². The van der Waals surface area contributed by atoms with E-state index in [-0.39, 0.29) is 47.1 Å². The van der Waals surface area contributed by atoms with E-state index in [1.165, 1.54) is 17.0 Å². The number of carboxylic acid groups (broad SMARTS) is 1. The topological polar surface area (TPSA) is 104 Å². The third-order valence-corrected chi connectivity index (χ3v) is 10.8. The number of nitrogens with zero attached hydrogens (tertiary/aromatic N) is 3. The minimum Gasteiger partial charge on any atom is -0.481 e. The van der Waals surface area contributed by atoms with E-state index in [9.17, 15) is 32.7 Å². The second-order valence-electron chi connectivity index (χ2n) is 13.3. The summed E-state index contributed by atoms with van der Waals surface area (Å²) in [6.07, 6.45) is -1.21. The number of nitrogens with one attached hydrogen (secondary N) is 1. The zero-order valence-electron chi connectivity index (χ0n) is 27.1. The van der Waals surface area contributed by atoms with Gasteiger partial charge in [0.2, 0.25) is 5.85 Å². The Balaban J connectivity index is 1.31. The van der Waals surface area contributed by atoms with Gasteiger partial charge < -0.3 is 19.7 Å².